The lowest BCUT2D eigenvalue weighted by Crippen LogP contribution is -1.98. The predicted octanol–water partition coefficient (Wildman–Crippen LogP) is 3.08. The standard InChI is InChI=1S/C13H11ClN2OS/c14-13-16-7-12(18-13)6-15-10-2-1-8-4-11(17)5-9(8)3-10/h1-3,7,15H,4-6H2. The lowest BCUT2D eigenvalue weighted by atomic mass is 10.1. The maximum absolute atomic E-state index is 11.4. The van der Waals surface area contributed by atoms with E-state index < -0.39 is 0 Å². The van der Waals surface area contributed by atoms with Gasteiger partial charge in [0.15, 0.2) is 4.47 Å². The molecule has 1 aliphatic carbocycles. The number of rotatable bonds is 3. The van der Waals surface area contributed by atoms with Crippen LogP contribution in [0.3, 0.4) is 0 Å². The summed E-state index contributed by atoms with van der Waals surface area (Å²) in [5.41, 5.74) is 3.34. The minimum atomic E-state index is 0.302. The second-order valence-electron chi connectivity index (χ2n) is 4.31. The van der Waals surface area contributed by atoms with Crippen molar-refractivity contribution < 1.29 is 4.79 Å². The zero-order chi connectivity index (χ0) is 12.5. The molecule has 0 fully saturated rings. The van der Waals surface area contributed by atoms with E-state index in [0.29, 0.717) is 29.6 Å². The first-order valence-corrected chi connectivity index (χ1v) is 6.88. The number of carbonyl (C=O) groups excluding carboxylic acids is 1. The van der Waals surface area contributed by atoms with Crippen LogP contribution in [0.15, 0.2) is 24.4 Å². The molecule has 18 heavy (non-hydrogen) atoms. The average Bonchev–Trinajstić information content (AvgIpc) is 2.90. The highest BCUT2D eigenvalue weighted by Gasteiger charge is 2.18. The second-order valence-corrected chi connectivity index (χ2v) is 6.01. The lowest BCUT2D eigenvalue weighted by Gasteiger charge is -2.06. The third-order valence-corrected chi connectivity index (χ3v) is 4.09. The van der Waals surface area contributed by atoms with Gasteiger partial charge in [0.05, 0.1) is 6.54 Å². The first-order chi connectivity index (χ1) is 8.70. The van der Waals surface area contributed by atoms with Gasteiger partial charge in [-0.2, -0.15) is 0 Å². The van der Waals surface area contributed by atoms with Gasteiger partial charge in [-0.1, -0.05) is 17.7 Å². The Morgan fingerprint density at radius 1 is 1.33 bits per heavy atom. The van der Waals surface area contributed by atoms with E-state index in [1.807, 2.05) is 12.1 Å². The van der Waals surface area contributed by atoms with E-state index in [1.54, 1.807) is 6.20 Å². The van der Waals surface area contributed by atoms with Crippen LogP contribution < -0.4 is 5.32 Å². The number of hydrogen-bond donors (Lipinski definition) is 1. The molecule has 0 atom stereocenters. The normalized spacial score (nSPS) is 13.7. The predicted molar refractivity (Wildman–Crippen MR) is 73.3 cm³/mol. The Hall–Kier alpha value is -1.39. The lowest BCUT2D eigenvalue weighted by molar-refractivity contribution is -0.117. The Bertz CT molecular complexity index is 609. The maximum Gasteiger partial charge on any atom is 0.183 e. The highest BCUT2D eigenvalue weighted by Crippen LogP contribution is 2.24. The van der Waals surface area contributed by atoms with Gasteiger partial charge in [0.1, 0.15) is 5.78 Å². The topological polar surface area (TPSA) is 42.0 Å². The van der Waals surface area contributed by atoms with Gasteiger partial charge in [0.2, 0.25) is 0 Å². The fraction of sp³-hybridized carbons (Fsp3) is 0.231. The number of Topliss-reactive ketones (excluding diaryl/α,β-unsaturated/α-hetero) is 1. The van der Waals surface area contributed by atoms with Crippen LogP contribution in [0.4, 0.5) is 5.69 Å². The minimum Gasteiger partial charge on any atom is -0.380 e. The molecular formula is C13H11ClN2OS. The Balaban J connectivity index is 1.71. The van der Waals surface area contributed by atoms with Crippen molar-refractivity contribution in [2.45, 2.75) is 19.4 Å². The molecule has 5 heteroatoms. The van der Waals surface area contributed by atoms with Crippen molar-refractivity contribution in [3.63, 3.8) is 0 Å². The zero-order valence-electron chi connectivity index (χ0n) is 9.57. The third kappa shape index (κ3) is 2.40. The van der Waals surface area contributed by atoms with Gasteiger partial charge in [-0.3, -0.25) is 4.79 Å². The van der Waals surface area contributed by atoms with Crippen molar-refractivity contribution >= 4 is 34.4 Å². The molecule has 0 unspecified atom stereocenters. The molecule has 1 N–H and O–H groups in total. The molecular weight excluding hydrogens is 268 g/mol. The summed E-state index contributed by atoms with van der Waals surface area (Å²) in [5, 5.41) is 3.32. The molecule has 0 radical (unpaired) electrons. The van der Waals surface area contributed by atoms with Crippen LogP contribution in [-0.4, -0.2) is 10.8 Å². The number of thiazole rings is 1. The van der Waals surface area contributed by atoms with Gasteiger partial charge in [-0.05, 0) is 23.3 Å². The minimum absolute atomic E-state index is 0.302. The summed E-state index contributed by atoms with van der Waals surface area (Å²) >= 11 is 7.25. The molecule has 0 spiro atoms. The summed E-state index contributed by atoms with van der Waals surface area (Å²) < 4.78 is 0.561. The van der Waals surface area contributed by atoms with Crippen LogP contribution in [0.1, 0.15) is 16.0 Å². The summed E-state index contributed by atoms with van der Waals surface area (Å²) in [6.45, 7) is 0.705. The number of nitrogens with one attached hydrogen (secondary N) is 1. The molecule has 3 nitrogen and oxygen atoms in total. The van der Waals surface area contributed by atoms with Gasteiger partial charge < -0.3 is 5.32 Å². The van der Waals surface area contributed by atoms with Crippen LogP contribution in [0.25, 0.3) is 0 Å². The number of carbonyl (C=O) groups is 1. The van der Waals surface area contributed by atoms with Crippen molar-refractivity contribution in [1.82, 2.24) is 4.98 Å². The molecule has 0 saturated heterocycles. The Labute approximate surface area is 114 Å². The number of nitrogens with zero attached hydrogens (tertiary/aromatic N) is 1. The van der Waals surface area contributed by atoms with Crippen molar-refractivity contribution in [3.05, 3.63) is 44.9 Å². The molecule has 0 aliphatic heterocycles. The van der Waals surface area contributed by atoms with E-state index in [1.165, 1.54) is 11.3 Å². The summed E-state index contributed by atoms with van der Waals surface area (Å²) in [4.78, 5) is 16.4. The van der Waals surface area contributed by atoms with Crippen LogP contribution in [-0.2, 0) is 24.2 Å². The molecule has 1 heterocycles. The quantitative estimate of drug-likeness (QED) is 0.938. The molecule has 1 aromatic carbocycles. The van der Waals surface area contributed by atoms with Gasteiger partial charge in [-0.25, -0.2) is 4.98 Å². The van der Waals surface area contributed by atoms with Crippen LogP contribution >= 0.6 is 22.9 Å². The highest BCUT2D eigenvalue weighted by atomic mass is 35.5. The number of benzene rings is 1. The zero-order valence-corrected chi connectivity index (χ0v) is 11.1. The number of halogens is 1. The number of fused-ring (bicyclic) bond motifs is 1. The van der Waals surface area contributed by atoms with E-state index in [0.717, 1.165) is 21.7 Å². The maximum atomic E-state index is 11.4. The number of anilines is 1. The first kappa shape index (κ1) is 11.7. The third-order valence-electron chi connectivity index (χ3n) is 2.97. The Morgan fingerprint density at radius 2 is 2.17 bits per heavy atom. The van der Waals surface area contributed by atoms with E-state index in [9.17, 15) is 4.79 Å². The van der Waals surface area contributed by atoms with Gasteiger partial charge in [-0.15, -0.1) is 11.3 Å². The summed E-state index contributed by atoms with van der Waals surface area (Å²) in [5.74, 6) is 0.302. The van der Waals surface area contributed by atoms with E-state index in [2.05, 4.69) is 16.4 Å². The molecule has 0 amide bonds. The van der Waals surface area contributed by atoms with Crippen molar-refractivity contribution in [2.24, 2.45) is 0 Å². The van der Waals surface area contributed by atoms with Crippen LogP contribution in [0, 0.1) is 0 Å². The SMILES string of the molecule is O=C1Cc2ccc(NCc3cnc(Cl)s3)cc2C1. The smallest absolute Gasteiger partial charge is 0.183 e. The van der Waals surface area contributed by atoms with Crippen molar-refractivity contribution in [2.75, 3.05) is 5.32 Å². The monoisotopic (exact) mass is 278 g/mol. The average molecular weight is 279 g/mol. The Kier molecular flexibility index (Phi) is 3.06. The summed E-state index contributed by atoms with van der Waals surface area (Å²) in [7, 11) is 0. The van der Waals surface area contributed by atoms with E-state index in [-0.39, 0.29) is 0 Å². The fourth-order valence-corrected chi connectivity index (χ4v) is 3.03. The number of ketones is 1. The largest absolute Gasteiger partial charge is 0.380 e. The summed E-state index contributed by atoms with van der Waals surface area (Å²) in [6, 6.07) is 6.10. The van der Waals surface area contributed by atoms with Crippen LogP contribution in [0.2, 0.25) is 4.47 Å². The van der Waals surface area contributed by atoms with Crippen LogP contribution in [0.5, 0.6) is 0 Å². The molecule has 92 valence electrons. The van der Waals surface area contributed by atoms with Crippen molar-refractivity contribution in [3.8, 4) is 0 Å². The first-order valence-electron chi connectivity index (χ1n) is 5.68. The van der Waals surface area contributed by atoms with Gasteiger partial charge in [0, 0.05) is 29.6 Å². The number of aromatic nitrogens is 1. The molecule has 3 rings (SSSR count). The Morgan fingerprint density at radius 3 is 2.94 bits per heavy atom. The molecule has 0 saturated carbocycles. The van der Waals surface area contributed by atoms with Gasteiger partial charge >= 0.3 is 0 Å². The molecule has 1 aliphatic rings. The second kappa shape index (κ2) is 4.71. The summed E-state index contributed by atoms with van der Waals surface area (Å²) in [6.07, 6.45) is 2.92. The number of hydrogen-bond acceptors (Lipinski definition) is 4. The van der Waals surface area contributed by atoms with E-state index in [4.69, 9.17) is 11.6 Å². The highest BCUT2D eigenvalue weighted by molar-refractivity contribution is 7.15. The molecule has 1 aromatic heterocycles. The molecule has 0 bridgehead atoms. The van der Waals surface area contributed by atoms with Crippen molar-refractivity contribution in [1.29, 1.82) is 0 Å². The van der Waals surface area contributed by atoms with Gasteiger partial charge in [0.25, 0.3) is 0 Å². The fourth-order valence-electron chi connectivity index (χ4n) is 2.11. The molecule has 2 aromatic rings. The van der Waals surface area contributed by atoms with E-state index >= 15 is 0 Å².